The minimum absolute atomic E-state index is 0.332. The van der Waals surface area contributed by atoms with E-state index in [2.05, 4.69) is 9.98 Å². The third kappa shape index (κ3) is 3.37. The van der Waals surface area contributed by atoms with E-state index in [0.29, 0.717) is 11.4 Å². The highest BCUT2D eigenvalue weighted by Gasteiger charge is 2.16. The Bertz CT molecular complexity index is 421. The summed E-state index contributed by atoms with van der Waals surface area (Å²) in [5.41, 5.74) is 0.243. The molecule has 1 N–H and O–H groups in total. The number of aryl methyl sites for hydroxylation is 1. The largest absolute Gasteiger partial charge is 0.493 e. The molecule has 0 saturated carbocycles. The van der Waals surface area contributed by atoms with Crippen LogP contribution in [-0.4, -0.2) is 34.9 Å². The van der Waals surface area contributed by atoms with Crippen molar-refractivity contribution in [3.8, 4) is 5.88 Å². The lowest BCUT2D eigenvalue weighted by atomic mass is 10.2. The standard InChI is InChI=1S/C11H15F2N3O/c1-4-16(3)6-14-9-5-8(10(12)13)11(17)15-7(9)2/h5-6,10H,4H2,1-3H3,(H,15,17)/b14-6+. The Kier molecular flexibility index (Phi) is 4.37. The van der Waals surface area contributed by atoms with Gasteiger partial charge in [0.05, 0.1) is 23.3 Å². The molecule has 0 aliphatic carbocycles. The third-order valence-corrected chi connectivity index (χ3v) is 2.32. The van der Waals surface area contributed by atoms with Gasteiger partial charge in [-0.1, -0.05) is 0 Å². The molecule has 0 fully saturated rings. The van der Waals surface area contributed by atoms with Gasteiger partial charge in [0.2, 0.25) is 5.88 Å². The highest BCUT2D eigenvalue weighted by Crippen LogP contribution is 2.31. The van der Waals surface area contributed by atoms with E-state index in [0.717, 1.165) is 12.6 Å². The average Bonchev–Trinajstić information content (AvgIpc) is 2.26. The van der Waals surface area contributed by atoms with Crippen molar-refractivity contribution < 1.29 is 13.9 Å². The van der Waals surface area contributed by atoms with Crippen LogP contribution < -0.4 is 0 Å². The van der Waals surface area contributed by atoms with E-state index >= 15 is 0 Å². The summed E-state index contributed by atoms with van der Waals surface area (Å²) in [4.78, 5) is 9.50. The van der Waals surface area contributed by atoms with Crippen LogP contribution in [0.15, 0.2) is 11.1 Å². The molecule has 6 heteroatoms. The van der Waals surface area contributed by atoms with Crippen molar-refractivity contribution in [3.05, 3.63) is 17.3 Å². The molecule has 1 aromatic rings. The maximum atomic E-state index is 12.5. The van der Waals surface area contributed by atoms with Crippen LogP contribution in [0, 0.1) is 6.92 Å². The predicted octanol–water partition coefficient (Wildman–Crippen LogP) is 2.64. The monoisotopic (exact) mass is 243 g/mol. The molecule has 0 aliphatic heterocycles. The Morgan fingerprint density at radius 2 is 2.24 bits per heavy atom. The highest BCUT2D eigenvalue weighted by atomic mass is 19.3. The van der Waals surface area contributed by atoms with Crippen molar-refractivity contribution in [2.75, 3.05) is 13.6 Å². The summed E-state index contributed by atoms with van der Waals surface area (Å²) in [6.07, 6.45) is -1.22. The second kappa shape index (κ2) is 5.56. The molecule has 94 valence electrons. The molecule has 0 amide bonds. The Balaban J connectivity index is 3.08. The van der Waals surface area contributed by atoms with Crippen LogP contribution in [-0.2, 0) is 0 Å². The maximum absolute atomic E-state index is 12.5. The van der Waals surface area contributed by atoms with E-state index in [4.69, 9.17) is 0 Å². The molecule has 1 aromatic heterocycles. The van der Waals surface area contributed by atoms with E-state index in [1.165, 1.54) is 6.34 Å². The number of nitrogens with zero attached hydrogens (tertiary/aromatic N) is 3. The molecular weight excluding hydrogens is 228 g/mol. The first-order valence-corrected chi connectivity index (χ1v) is 5.18. The summed E-state index contributed by atoms with van der Waals surface area (Å²) in [6, 6.07) is 1.16. The summed E-state index contributed by atoms with van der Waals surface area (Å²) < 4.78 is 25.1. The first-order valence-electron chi connectivity index (χ1n) is 5.18. The molecular formula is C11H15F2N3O. The smallest absolute Gasteiger partial charge is 0.269 e. The number of hydrogen-bond acceptors (Lipinski definition) is 3. The minimum atomic E-state index is -2.76. The summed E-state index contributed by atoms with van der Waals surface area (Å²) >= 11 is 0. The Morgan fingerprint density at radius 3 is 2.76 bits per heavy atom. The van der Waals surface area contributed by atoms with E-state index < -0.39 is 17.9 Å². The van der Waals surface area contributed by atoms with Gasteiger partial charge in [-0.15, -0.1) is 0 Å². The molecule has 1 rings (SSSR count). The lowest BCUT2D eigenvalue weighted by Crippen LogP contribution is -2.14. The van der Waals surface area contributed by atoms with Gasteiger partial charge in [0.1, 0.15) is 0 Å². The highest BCUT2D eigenvalue weighted by molar-refractivity contribution is 5.63. The number of hydrogen-bond donors (Lipinski definition) is 1. The van der Waals surface area contributed by atoms with Gasteiger partial charge in [-0.2, -0.15) is 0 Å². The normalized spacial score (nSPS) is 11.4. The molecule has 0 unspecified atom stereocenters. The Labute approximate surface area is 98.6 Å². The predicted molar refractivity (Wildman–Crippen MR) is 62.1 cm³/mol. The third-order valence-electron chi connectivity index (χ3n) is 2.32. The molecule has 0 bridgehead atoms. The Morgan fingerprint density at radius 1 is 1.59 bits per heavy atom. The second-order valence-electron chi connectivity index (χ2n) is 3.62. The molecule has 0 saturated heterocycles. The van der Waals surface area contributed by atoms with Crippen molar-refractivity contribution in [2.24, 2.45) is 4.99 Å². The van der Waals surface area contributed by atoms with Crippen LogP contribution in [0.1, 0.15) is 24.6 Å². The second-order valence-corrected chi connectivity index (χ2v) is 3.62. The molecule has 0 aliphatic rings. The fourth-order valence-electron chi connectivity index (χ4n) is 1.13. The van der Waals surface area contributed by atoms with E-state index in [-0.39, 0.29) is 0 Å². The number of pyridine rings is 1. The first kappa shape index (κ1) is 13.3. The topological polar surface area (TPSA) is 48.7 Å². The van der Waals surface area contributed by atoms with Gasteiger partial charge in [0.15, 0.2) is 0 Å². The van der Waals surface area contributed by atoms with Crippen molar-refractivity contribution >= 4 is 12.0 Å². The summed E-state index contributed by atoms with van der Waals surface area (Å²) in [6.45, 7) is 4.31. The van der Waals surface area contributed by atoms with E-state index in [9.17, 15) is 13.9 Å². The molecule has 0 spiro atoms. The first-order chi connectivity index (χ1) is 7.95. The van der Waals surface area contributed by atoms with E-state index in [1.807, 2.05) is 14.0 Å². The molecule has 1 heterocycles. The maximum Gasteiger partial charge on any atom is 0.269 e. The van der Waals surface area contributed by atoms with Crippen molar-refractivity contribution in [1.29, 1.82) is 0 Å². The quantitative estimate of drug-likeness (QED) is 0.653. The zero-order valence-electron chi connectivity index (χ0n) is 9.98. The summed E-state index contributed by atoms with van der Waals surface area (Å²) in [5, 5.41) is 9.26. The fourth-order valence-corrected chi connectivity index (χ4v) is 1.13. The molecule has 17 heavy (non-hydrogen) atoms. The van der Waals surface area contributed by atoms with Crippen molar-refractivity contribution in [1.82, 2.24) is 9.88 Å². The van der Waals surface area contributed by atoms with Gasteiger partial charge < -0.3 is 10.0 Å². The van der Waals surface area contributed by atoms with Crippen molar-refractivity contribution in [3.63, 3.8) is 0 Å². The average molecular weight is 243 g/mol. The minimum Gasteiger partial charge on any atom is -0.493 e. The van der Waals surface area contributed by atoms with Crippen LogP contribution in [0.25, 0.3) is 0 Å². The zero-order chi connectivity index (χ0) is 13.0. The molecule has 0 aromatic carbocycles. The van der Waals surface area contributed by atoms with Gasteiger partial charge in [0.25, 0.3) is 6.43 Å². The van der Waals surface area contributed by atoms with Gasteiger partial charge >= 0.3 is 0 Å². The molecule has 0 radical (unpaired) electrons. The van der Waals surface area contributed by atoms with Gasteiger partial charge in [-0.3, -0.25) is 0 Å². The number of rotatable bonds is 4. The van der Waals surface area contributed by atoms with Gasteiger partial charge in [0, 0.05) is 13.6 Å². The Hall–Kier alpha value is -1.72. The SMILES string of the molecule is CCN(C)/C=N/c1cc(C(F)F)c(O)nc1C. The summed E-state index contributed by atoms with van der Waals surface area (Å²) in [7, 11) is 1.82. The van der Waals surface area contributed by atoms with Gasteiger partial charge in [-0.05, 0) is 19.9 Å². The number of aromatic nitrogens is 1. The van der Waals surface area contributed by atoms with Crippen LogP contribution >= 0.6 is 0 Å². The summed E-state index contributed by atoms with van der Waals surface area (Å²) in [5.74, 6) is -0.639. The fraction of sp³-hybridized carbons (Fsp3) is 0.455. The lowest BCUT2D eigenvalue weighted by Gasteiger charge is -2.10. The van der Waals surface area contributed by atoms with Crippen molar-refractivity contribution in [2.45, 2.75) is 20.3 Å². The number of alkyl halides is 2. The number of aliphatic imine (C=N–C) groups is 1. The van der Waals surface area contributed by atoms with Crippen LogP contribution in [0.4, 0.5) is 14.5 Å². The van der Waals surface area contributed by atoms with Crippen LogP contribution in [0.5, 0.6) is 5.88 Å². The lowest BCUT2D eigenvalue weighted by molar-refractivity contribution is 0.146. The zero-order valence-corrected chi connectivity index (χ0v) is 9.98. The number of aromatic hydroxyl groups is 1. The molecule has 0 atom stereocenters. The number of halogens is 2. The van der Waals surface area contributed by atoms with Crippen LogP contribution in [0.2, 0.25) is 0 Å². The molecule has 4 nitrogen and oxygen atoms in total. The van der Waals surface area contributed by atoms with E-state index in [1.54, 1.807) is 11.8 Å². The van der Waals surface area contributed by atoms with Gasteiger partial charge in [-0.25, -0.2) is 18.8 Å². The van der Waals surface area contributed by atoms with Crippen LogP contribution in [0.3, 0.4) is 0 Å².